The summed E-state index contributed by atoms with van der Waals surface area (Å²) in [7, 11) is 0. The van der Waals surface area contributed by atoms with Crippen molar-refractivity contribution in [2.45, 2.75) is 19.6 Å². The molecule has 0 aliphatic rings. The van der Waals surface area contributed by atoms with Crippen LogP contribution in [0.15, 0.2) is 30.7 Å². The van der Waals surface area contributed by atoms with Gasteiger partial charge in [0.1, 0.15) is 12.1 Å². The van der Waals surface area contributed by atoms with Crippen molar-refractivity contribution in [3.05, 3.63) is 41.9 Å². The van der Waals surface area contributed by atoms with Gasteiger partial charge in [-0.15, -0.1) is 0 Å². The molecule has 3 aromatic heterocycles. The SMILES string of the molecule is CC(C#N)Nc1cc(-n2ncc3cc(C#N)cnc32)ncc1CO. The largest absolute Gasteiger partial charge is 0.392 e. The van der Waals surface area contributed by atoms with Gasteiger partial charge in [-0.3, -0.25) is 0 Å². The highest BCUT2D eigenvalue weighted by atomic mass is 16.3. The highest BCUT2D eigenvalue weighted by molar-refractivity contribution is 5.77. The minimum Gasteiger partial charge on any atom is -0.392 e. The van der Waals surface area contributed by atoms with Crippen molar-refractivity contribution in [2.75, 3.05) is 5.32 Å². The zero-order valence-corrected chi connectivity index (χ0v) is 12.8. The molecule has 3 aromatic rings. The lowest BCUT2D eigenvalue weighted by Crippen LogP contribution is -2.14. The average molecular weight is 319 g/mol. The van der Waals surface area contributed by atoms with Crippen LogP contribution in [0.4, 0.5) is 5.69 Å². The van der Waals surface area contributed by atoms with Crippen molar-refractivity contribution in [3.63, 3.8) is 0 Å². The Morgan fingerprint density at radius 3 is 2.79 bits per heavy atom. The van der Waals surface area contributed by atoms with Gasteiger partial charge in [-0.25, -0.2) is 9.97 Å². The first-order valence-corrected chi connectivity index (χ1v) is 7.16. The number of hydrogen-bond donors (Lipinski definition) is 2. The van der Waals surface area contributed by atoms with E-state index >= 15 is 0 Å². The summed E-state index contributed by atoms with van der Waals surface area (Å²) in [4.78, 5) is 8.54. The van der Waals surface area contributed by atoms with Gasteiger partial charge >= 0.3 is 0 Å². The minimum atomic E-state index is -0.420. The predicted molar refractivity (Wildman–Crippen MR) is 86.0 cm³/mol. The van der Waals surface area contributed by atoms with Crippen molar-refractivity contribution in [3.8, 4) is 18.0 Å². The third-order valence-electron chi connectivity index (χ3n) is 3.46. The Morgan fingerprint density at radius 2 is 2.08 bits per heavy atom. The number of nitriles is 2. The molecule has 0 amide bonds. The van der Waals surface area contributed by atoms with E-state index in [1.807, 2.05) is 6.07 Å². The van der Waals surface area contributed by atoms with Gasteiger partial charge in [0.15, 0.2) is 11.5 Å². The fourth-order valence-corrected chi connectivity index (χ4v) is 2.26. The maximum atomic E-state index is 9.43. The van der Waals surface area contributed by atoms with E-state index < -0.39 is 6.04 Å². The average Bonchev–Trinajstić information content (AvgIpc) is 3.04. The third-order valence-corrected chi connectivity index (χ3v) is 3.46. The molecular formula is C16H13N7O. The van der Waals surface area contributed by atoms with E-state index in [0.717, 1.165) is 5.39 Å². The van der Waals surface area contributed by atoms with Crippen molar-refractivity contribution in [1.82, 2.24) is 19.7 Å². The highest BCUT2D eigenvalue weighted by Gasteiger charge is 2.12. The summed E-state index contributed by atoms with van der Waals surface area (Å²) >= 11 is 0. The summed E-state index contributed by atoms with van der Waals surface area (Å²) in [6.07, 6.45) is 4.61. The Labute approximate surface area is 137 Å². The Bertz CT molecular complexity index is 980. The Kier molecular flexibility index (Phi) is 4.06. The van der Waals surface area contributed by atoms with Crippen LogP contribution in [0.25, 0.3) is 16.9 Å². The number of nitrogens with one attached hydrogen (secondary N) is 1. The van der Waals surface area contributed by atoms with Crippen LogP contribution in [-0.4, -0.2) is 30.9 Å². The van der Waals surface area contributed by atoms with Gasteiger partial charge in [-0.1, -0.05) is 0 Å². The summed E-state index contributed by atoms with van der Waals surface area (Å²) in [5.74, 6) is 0.493. The first-order valence-electron chi connectivity index (χ1n) is 7.16. The number of fused-ring (bicyclic) bond motifs is 1. The monoisotopic (exact) mass is 319 g/mol. The molecule has 24 heavy (non-hydrogen) atoms. The summed E-state index contributed by atoms with van der Waals surface area (Å²) in [6.45, 7) is 1.52. The van der Waals surface area contributed by atoms with Gasteiger partial charge in [0.25, 0.3) is 0 Å². The fourth-order valence-electron chi connectivity index (χ4n) is 2.26. The summed E-state index contributed by atoms with van der Waals surface area (Å²) in [5.41, 5.74) is 2.21. The maximum absolute atomic E-state index is 9.43. The van der Waals surface area contributed by atoms with E-state index in [4.69, 9.17) is 10.5 Å². The molecular weight excluding hydrogens is 306 g/mol. The zero-order chi connectivity index (χ0) is 17.1. The topological polar surface area (TPSA) is 123 Å². The van der Waals surface area contributed by atoms with Gasteiger partial charge in [0.05, 0.1) is 24.4 Å². The predicted octanol–water partition coefficient (Wildman–Crippen LogP) is 1.50. The van der Waals surface area contributed by atoms with Crippen LogP contribution in [0.2, 0.25) is 0 Å². The molecule has 1 unspecified atom stereocenters. The second-order valence-corrected chi connectivity index (χ2v) is 5.16. The smallest absolute Gasteiger partial charge is 0.164 e. The Balaban J connectivity index is 2.08. The van der Waals surface area contributed by atoms with Crippen molar-refractivity contribution in [1.29, 1.82) is 10.5 Å². The van der Waals surface area contributed by atoms with Gasteiger partial charge in [0.2, 0.25) is 0 Å². The molecule has 0 fully saturated rings. The van der Waals surface area contributed by atoms with E-state index in [9.17, 15) is 5.11 Å². The van der Waals surface area contributed by atoms with Gasteiger partial charge in [-0.2, -0.15) is 20.3 Å². The molecule has 0 aromatic carbocycles. The lowest BCUT2D eigenvalue weighted by atomic mass is 10.2. The summed E-state index contributed by atoms with van der Waals surface area (Å²) in [5, 5.41) is 35.3. The van der Waals surface area contributed by atoms with E-state index in [1.165, 1.54) is 12.4 Å². The van der Waals surface area contributed by atoms with Gasteiger partial charge in [0, 0.05) is 35.1 Å². The van der Waals surface area contributed by atoms with E-state index in [2.05, 4.69) is 26.5 Å². The number of hydrogen-bond acceptors (Lipinski definition) is 7. The Morgan fingerprint density at radius 1 is 1.25 bits per heavy atom. The molecule has 118 valence electrons. The van der Waals surface area contributed by atoms with Crippen molar-refractivity contribution < 1.29 is 5.11 Å². The number of aromatic nitrogens is 4. The zero-order valence-electron chi connectivity index (χ0n) is 12.8. The lowest BCUT2D eigenvalue weighted by molar-refractivity contribution is 0.282. The van der Waals surface area contributed by atoms with Crippen LogP contribution < -0.4 is 5.32 Å². The van der Waals surface area contributed by atoms with Crippen molar-refractivity contribution >= 4 is 16.7 Å². The number of anilines is 1. The minimum absolute atomic E-state index is 0.197. The van der Waals surface area contributed by atoms with Gasteiger partial charge in [-0.05, 0) is 13.0 Å². The lowest BCUT2D eigenvalue weighted by Gasteiger charge is -2.13. The maximum Gasteiger partial charge on any atom is 0.164 e. The number of aliphatic hydroxyl groups is 1. The molecule has 0 spiro atoms. The quantitative estimate of drug-likeness (QED) is 0.746. The molecule has 3 rings (SSSR count). The molecule has 0 radical (unpaired) electrons. The molecule has 0 saturated carbocycles. The fraction of sp³-hybridized carbons (Fsp3) is 0.188. The third kappa shape index (κ3) is 2.74. The van der Waals surface area contributed by atoms with E-state index in [-0.39, 0.29) is 6.61 Å². The van der Waals surface area contributed by atoms with Crippen LogP contribution in [0.3, 0.4) is 0 Å². The number of aliphatic hydroxyl groups excluding tert-OH is 1. The van der Waals surface area contributed by atoms with Crippen LogP contribution >= 0.6 is 0 Å². The Hall–Kier alpha value is -3.49. The van der Waals surface area contributed by atoms with E-state index in [1.54, 1.807) is 29.9 Å². The first-order chi connectivity index (χ1) is 11.7. The molecule has 8 nitrogen and oxygen atoms in total. The first kappa shape index (κ1) is 15.4. The normalized spacial score (nSPS) is 11.7. The summed E-state index contributed by atoms with van der Waals surface area (Å²) < 4.78 is 1.54. The molecule has 3 heterocycles. The second kappa shape index (κ2) is 6.32. The molecule has 2 N–H and O–H groups in total. The van der Waals surface area contributed by atoms with Crippen LogP contribution in [-0.2, 0) is 6.61 Å². The molecule has 1 atom stereocenters. The number of pyridine rings is 2. The number of nitrogens with zero attached hydrogens (tertiary/aromatic N) is 6. The molecule has 0 bridgehead atoms. The van der Waals surface area contributed by atoms with Crippen LogP contribution in [0, 0.1) is 22.7 Å². The standard InChI is InChI=1S/C16H13N7O/c1-10(4-17)22-14-3-15(19-7-13(14)9-24)23-16-12(8-21-23)2-11(5-18)6-20-16/h2-3,6-8,10,24H,9H2,1H3,(H,19,22). The summed E-state index contributed by atoms with van der Waals surface area (Å²) in [6, 6.07) is 7.10. The van der Waals surface area contributed by atoms with Gasteiger partial charge < -0.3 is 10.4 Å². The molecule has 0 aliphatic heterocycles. The second-order valence-electron chi connectivity index (χ2n) is 5.16. The van der Waals surface area contributed by atoms with Crippen LogP contribution in [0.1, 0.15) is 18.1 Å². The number of rotatable bonds is 4. The van der Waals surface area contributed by atoms with Crippen LogP contribution in [0.5, 0.6) is 0 Å². The van der Waals surface area contributed by atoms with E-state index in [0.29, 0.717) is 28.3 Å². The molecule has 0 aliphatic carbocycles. The van der Waals surface area contributed by atoms with Crippen molar-refractivity contribution in [2.24, 2.45) is 0 Å². The molecule has 0 saturated heterocycles. The highest BCUT2D eigenvalue weighted by Crippen LogP contribution is 2.21. The molecule has 8 heteroatoms.